The highest BCUT2D eigenvalue weighted by Crippen LogP contribution is 2.28. The molecule has 23 heavy (non-hydrogen) atoms. The number of aldehydes is 1. The summed E-state index contributed by atoms with van der Waals surface area (Å²) in [5.41, 5.74) is 1.48. The van der Waals surface area contributed by atoms with Crippen LogP contribution in [0, 0.1) is 5.21 Å². The number of phenols is 1. The Morgan fingerprint density at radius 1 is 1.17 bits per heavy atom. The van der Waals surface area contributed by atoms with Crippen LogP contribution in [0.15, 0.2) is 36.4 Å². The molecule has 0 fully saturated rings. The van der Waals surface area contributed by atoms with Gasteiger partial charge in [-0.1, -0.05) is 12.1 Å². The molecule has 0 heterocycles. The molecule has 0 bridgehead atoms. The lowest BCUT2D eigenvalue weighted by Crippen LogP contribution is -2.01. The Kier molecular flexibility index (Phi) is 4.61. The summed E-state index contributed by atoms with van der Waals surface area (Å²) in [6.07, 6.45) is 1.17. The highest BCUT2D eigenvalue weighted by atomic mass is 16.8. The monoisotopic (exact) mass is 315 g/mol. The third kappa shape index (κ3) is 3.46. The Bertz CT molecular complexity index is 776. The summed E-state index contributed by atoms with van der Waals surface area (Å²) in [6.45, 7) is 0. The zero-order chi connectivity index (χ0) is 17.0. The first kappa shape index (κ1) is 16.0. The molecular formula is C16H13NO6. The minimum absolute atomic E-state index is 0.0147. The highest BCUT2D eigenvalue weighted by molar-refractivity contribution is 5.93. The van der Waals surface area contributed by atoms with E-state index >= 15 is 0 Å². The van der Waals surface area contributed by atoms with E-state index in [1.54, 1.807) is 24.3 Å². The minimum Gasteiger partial charge on any atom is -0.506 e. The molecule has 0 amide bonds. The number of phenolic OH excluding ortho intramolecular Hbond substituents is 1. The maximum Gasteiger partial charge on any atom is 0.337 e. The molecule has 0 aromatic heterocycles. The smallest absolute Gasteiger partial charge is 0.337 e. The van der Waals surface area contributed by atoms with Crippen molar-refractivity contribution in [3.05, 3.63) is 58.3 Å². The van der Waals surface area contributed by atoms with Gasteiger partial charge in [-0.2, -0.15) is 0 Å². The van der Waals surface area contributed by atoms with Gasteiger partial charge in [-0.25, -0.2) is 4.79 Å². The number of hydrogen-bond donors (Lipinski definition) is 2. The first-order valence-electron chi connectivity index (χ1n) is 6.47. The molecular weight excluding hydrogens is 302 g/mol. The largest absolute Gasteiger partial charge is 0.506 e. The molecule has 0 radical (unpaired) electrons. The number of ether oxygens (including phenoxy) is 1. The van der Waals surface area contributed by atoms with Crippen LogP contribution in [0.4, 0.5) is 0 Å². The van der Waals surface area contributed by atoms with Crippen LogP contribution in [-0.2, 0) is 4.74 Å². The number of nitrogens with zero attached hydrogens (tertiary/aromatic N) is 1. The average molecular weight is 315 g/mol. The Balaban J connectivity index is 2.52. The van der Waals surface area contributed by atoms with Crippen LogP contribution in [0.3, 0.4) is 0 Å². The van der Waals surface area contributed by atoms with Crippen LogP contribution in [-0.4, -0.2) is 40.8 Å². The lowest BCUT2D eigenvalue weighted by Gasteiger charge is -2.07. The van der Waals surface area contributed by atoms with Crippen LogP contribution >= 0.6 is 0 Å². The van der Waals surface area contributed by atoms with Gasteiger partial charge < -0.3 is 15.1 Å². The molecule has 0 aliphatic carbocycles. The van der Waals surface area contributed by atoms with E-state index in [1.807, 2.05) is 0 Å². The first-order chi connectivity index (χ1) is 11.0. The molecule has 0 atom stereocenters. The average Bonchev–Trinajstić information content (AvgIpc) is 2.55. The third-order valence-electron chi connectivity index (χ3n) is 3.18. The summed E-state index contributed by atoms with van der Waals surface area (Å²) in [5.74, 6) is -0.892. The van der Waals surface area contributed by atoms with E-state index in [2.05, 4.69) is 4.74 Å². The van der Waals surface area contributed by atoms with E-state index in [0.29, 0.717) is 23.0 Å². The molecule has 7 nitrogen and oxygen atoms in total. The fourth-order valence-corrected chi connectivity index (χ4v) is 2.07. The van der Waals surface area contributed by atoms with E-state index in [1.165, 1.54) is 19.2 Å². The zero-order valence-corrected chi connectivity index (χ0v) is 12.1. The summed E-state index contributed by atoms with van der Waals surface area (Å²) in [7, 11) is 1.28. The van der Waals surface area contributed by atoms with Gasteiger partial charge in [0.1, 0.15) is 5.75 Å². The van der Waals surface area contributed by atoms with Crippen molar-refractivity contribution in [2.75, 3.05) is 7.11 Å². The van der Waals surface area contributed by atoms with E-state index in [-0.39, 0.29) is 11.1 Å². The number of methoxy groups -OCH3 is 1. The van der Waals surface area contributed by atoms with Crippen molar-refractivity contribution in [3.63, 3.8) is 0 Å². The van der Waals surface area contributed by atoms with Crippen molar-refractivity contribution >= 4 is 18.5 Å². The molecule has 0 saturated carbocycles. The third-order valence-corrected chi connectivity index (χ3v) is 3.18. The molecule has 2 N–H and O–H groups in total. The summed E-state index contributed by atoms with van der Waals surface area (Å²) >= 11 is 0. The number of esters is 1. The minimum atomic E-state index is -0.480. The molecule has 0 saturated heterocycles. The van der Waals surface area contributed by atoms with Gasteiger partial charge in [0.05, 0.1) is 23.8 Å². The van der Waals surface area contributed by atoms with Crippen LogP contribution in [0.1, 0.15) is 26.3 Å². The second kappa shape index (κ2) is 6.61. The van der Waals surface area contributed by atoms with Gasteiger partial charge in [-0.05, 0) is 35.4 Å². The van der Waals surface area contributed by atoms with Crippen molar-refractivity contribution in [1.29, 1.82) is 0 Å². The van der Waals surface area contributed by atoms with E-state index in [9.17, 15) is 19.9 Å². The first-order valence-corrected chi connectivity index (χ1v) is 6.47. The molecule has 2 aromatic rings. The molecule has 7 heteroatoms. The van der Waals surface area contributed by atoms with Crippen molar-refractivity contribution in [2.24, 2.45) is 0 Å². The van der Waals surface area contributed by atoms with Crippen LogP contribution in [0.25, 0.3) is 11.1 Å². The predicted molar refractivity (Wildman–Crippen MR) is 80.8 cm³/mol. The number of benzene rings is 2. The molecule has 0 aliphatic heterocycles. The van der Waals surface area contributed by atoms with Gasteiger partial charge in [0.15, 0.2) is 6.29 Å². The Hall–Kier alpha value is -3.35. The Morgan fingerprint density at radius 3 is 2.30 bits per heavy atom. The number of carbonyl (C=O) groups excluding carboxylic acids is 2. The van der Waals surface area contributed by atoms with Gasteiger partial charge in [-0.15, -0.1) is 0 Å². The summed E-state index contributed by atoms with van der Waals surface area (Å²) < 4.78 is 4.61. The Labute approximate surface area is 131 Å². The Morgan fingerprint density at radius 2 is 1.78 bits per heavy atom. The summed E-state index contributed by atoms with van der Waals surface area (Å²) in [5, 5.41) is 29.3. The standard InChI is InChI=1S/C16H13NO6/c1-23-16(20)11-4-2-10(3-5-11)12-6-13(8-17(21)22)15(19)14(7-12)9-18/h2-9,19H,1H3,(H,21,22). The van der Waals surface area contributed by atoms with E-state index < -0.39 is 16.6 Å². The second-order valence-corrected chi connectivity index (χ2v) is 4.62. The second-order valence-electron chi connectivity index (χ2n) is 4.62. The molecule has 0 aliphatic rings. The van der Waals surface area contributed by atoms with Crippen molar-refractivity contribution < 1.29 is 29.5 Å². The van der Waals surface area contributed by atoms with Gasteiger partial charge in [0.25, 0.3) is 0 Å². The number of rotatable bonds is 4. The maximum atomic E-state index is 11.4. The lowest BCUT2D eigenvalue weighted by atomic mass is 9.98. The van der Waals surface area contributed by atoms with Crippen LogP contribution in [0.5, 0.6) is 5.75 Å². The summed E-state index contributed by atoms with van der Waals surface area (Å²) in [6, 6.07) is 9.21. The molecule has 2 rings (SSSR count). The van der Waals surface area contributed by atoms with Gasteiger partial charge in [0.2, 0.25) is 6.21 Å². The summed E-state index contributed by atoms with van der Waals surface area (Å²) in [4.78, 5) is 22.0. The van der Waals surface area contributed by atoms with Crippen LogP contribution < -0.4 is 0 Å². The van der Waals surface area contributed by atoms with E-state index in [4.69, 9.17) is 5.21 Å². The maximum absolute atomic E-state index is 11.4. The molecule has 0 unspecified atom stereocenters. The van der Waals surface area contributed by atoms with Gasteiger partial charge >= 0.3 is 5.97 Å². The molecule has 2 aromatic carbocycles. The molecule has 0 spiro atoms. The normalized spacial score (nSPS) is 11.1. The number of carbonyl (C=O) groups is 2. The van der Waals surface area contributed by atoms with Crippen molar-refractivity contribution in [1.82, 2.24) is 0 Å². The zero-order valence-electron chi connectivity index (χ0n) is 12.1. The van der Waals surface area contributed by atoms with Crippen molar-refractivity contribution in [3.8, 4) is 16.9 Å². The topological polar surface area (TPSA) is 110 Å². The number of aromatic hydroxyl groups is 1. The highest BCUT2D eigenvalue weighted by Gasteiger charge is 2.13. The van der Waals surface area contributed by atoms with Crippen LogP contribution in [0.2, 0.25) is 0 Å². The number of hydrogen-bond acceptors (Lipinski definition) is 6. The van der Waals surface area contributed by atoms with Crippen molar-refractivity contribution in [2.45, 2.75) is 0 Å². The quantitative estimate of drug-likeness (QED) is 0.223. The SMILES string of the molecule is COC(=O)c1ccc(-c2cc(C=O)c(O)c(/C=[N+](\[O-])O)c2)cc1. The van der Waals surface area contributed by atoms with Gasteiger partial charge in [0, 0.05) is 4.90 Å². The van der Waals surface area contributed by atoms with E-state index in [0.717, 1.165) is 6.21 Å². The molecule has 118 valence electrons. The van der Waals surface area contributed by atoms with Gasteiger partial charge in [-0.3, -0.25) is 10.0 Å². The fourth-order valence-electron chi connectivity index (χ4n) is 2.07. The fraction of sp³-hybridized carbons (Fsp3) is 0.0625. The lowest BCUT2D eigenvalue weighted by molar-refractivity contribution is -0.722. The predicted octanol–water partition coefficient (Wildman–Crippen LogP) is 1.98.